The molecule has 2 N–H and O–H groups in total. The molecule has 0 spiro atoms. The zero-order chi connectivity index (χ0) is 33.9. The zero-order valence-electron chi connectivity index (χ0n) is 29.8. The molecule has 3 atom stereocenters. The zero-order valence-corrected chi connectivity index (χ0v) is 29.8. The van der Waals surface area contributed by atoms with Crippen LogP contribution in [-0.4, -0.2) is 47.6 Å². The van der Waals surface area contributed by atoms with Gasteiger partial charge in [-0.2, -0.15) is 0 Å². The van der Waals surface area contributed by atoms with Gasteiger partial charge in [0, 0.05) is 12.8 Å². The average Bonchev–Trinajstić information content (AvgIpc) is 3.05. The standard InChI is InChI=1S/C40H70O6/c1-4-6-7-8-20-25-30-37(42)31-26-21-16-13-14-17-22-27-32-39(43)45-35-38(34-41)46-40(44)33-28-23-18-12-10-9-11-15-19-24-29-36(3)5-2/h14,16-17,20-21,25-26,31,36-38,41-42H,4-13,15,18-19,22-24,27-30,32-35H2,1-3H3/b17-14-,21-16-,25-20-,31-26+/t36?,37-,38+/m1/s1. The Labute approximate surface area is 282 Å². The van der Waals surface area contributed by atoms with Crippen molar-refractivity contribution in [1.82, 2.24) is 0 Å². The summed E-state index contributed by atoms with van der Waals surface area (Å²) >= 11 is 0. The molecule has 0 saturated heterocycles. The van der Waals surface area contributed by atoms with Gasteiger partial charge in [0.2, 0.25) is 0 Å². The lowest BCUT2D eigenvalue weighted by atomic mass is 9.99. The lowest BCUT2D eigenvalue weighted by molar-refractivity contribution is -0.161. The van der Waals surface area contributed by atoms with Crippen molar-refractivity contribution < 1.29 is 29.3 Å². The van der Waals surface area contributed by atoms with E-state index in [2.05, 4.69) is 32.9 Å². The van der Waals surface area contributed by atoms with Crippen LogP contribution in [0, 0.1) is 5.92 Å². The lowest BCUT2D eigenvalue weighted by Gasteiger charge is -2.15. The molecule has 46 heavy (non-hydrogen) atoms. The van der Waals surface area contributed by atoms with Gasteiger partial charge < -0.3 is 19.7 Å². The first-order valence-corrected chi connectivity index (χ1v) is 18.7. The summed E-state index contributed by atoms with van der Waals surface area (Å²) in [4.78, 5) is 24.2. The molecular weight excluding hydrogens is 576 g/mol. The highest BCUT2D eigenvalue weighted by Gasteiger charge is 2.16. The van der Waals surface area contributed by atoms with Crippen LogP contribution in [0.5, 0.6) is 0 Å². The fourth-order valence-electron chi connectivity index (χ4n) is 4.96. The summed E-state index contributed by atoms with van der Waals surface area (Å²) in [6.45, 7) is 6.33. The Balaban J connectivity index is 3.76. The third-order valence-corrected chi connectivity index (χ3v) is 8.25. The highest BCUT2D eigenvalue weighted by molar-refractivity contribution is 5.70. The Morgan fingerprint density at radius 1 is 0.696 bits per heavy atom. The monoisotopic (exact) mass is 647 g/mol. The number of unbranched alkanes of at least 4 members (excludes halogenated alkanes) is 13. The molecule has 0 aliphatic rings. The van der Waals surface area contributed by atoms with E-state index in [1.807, 2.05) is 30.4 Å². The molecule has 0 radical (unpaired) electrons. The summed E-state index contributed by atoms with van der Waals surface area (Å²) in [6.07, 6.45) is 37.6. The Morgan fingerprint density at radius 3 is 2.00 bits per heavy atom. The number of aliphatic hydroxyl groups is 2. The molecule has 6 nitrogen and oxygen atoms in total. The van der Waals surface area contributed by atoms with Gasteiger partial charge in [-0.05, 0) is 50.9 Å². The van der Waals surface area contributed by atoms with Gasteiger partial charge in [0.1, 0.15) is 6.61 Å². The van der Waals surface area contributed by atoms with Crippen molar-refractivity contribution in [2.24, 2.45) is 5.92 Å². The molecule has 0 heterocycles. The van der Waals surface area contributed by atoms with Crippen LogP contribution in [0.4, 0.5) is 0 Å². The van der Waals surface area contributed by atoms with Crippen LogP contribution < -0.4 is 0 Å². The fraction of sp³-hybridized carbons (Fsp3) is 0.750. The van der Waals surface area contributed by atoms with Crippen LogP contribution in [0.2, 0.25) is 0 Å². The first kappa shape index (κ1) is 43.8. The van der Waals surface area contributed by atoms with E-state index in [-0.39, 0.29) is 31.6 Å². The number of esters is 2. The molecule has 0 rings (SSSR count). The minimum Gasteiger partial charge on any atom is -0.462 e. The van der Waals surface area contributed by atoms with Gasteiger partial charge in [-0.1, -0.05) is 153 Å². The van der Waals surface area contributed by atoms with Crippen LogP contribution in [0.15, 0.2) is 48.6 Å². The van der Waals surface area contributed by atoms with Crippen LogP contribution in [0.1, 0.15) is 162 Å². The van der Waals surface area contributed by atoms with Gasteiger partial charge in [0.25, 0.3) is 0 Å². The van der Waals surface area contributed by atoms with E-state index < -0.39 is 12.2 Å². The Bertz CT molecular complexity index is 815. The lowest BCUT2D eigenvalue weighted by Crippen LogP contribution is -2.28. The molecule has 1 unspecified atom stereocenters. The van der Waals surface area contributed by atoms with Gasteiger partial charge in [-0.15, -0.1) is 0 Å². The highest BCUT2D eigenvalue weighted by Crippen LogP contribution is 2.15. The van der Waals surface area contributed by atoms with Crippen molar-refractivity contribution in [2.75, 3.05) is 13.2 Å². The van der Waals surface area contributed by atoms with Crippen LogP contribution >= 0.6 is 0 Å². The second kappa shape index (κ2) is 34.2. The molecule has 266 valence electrons. The van der Waals surface area contributed by atoms with Crippen molar-refractivity contribution in [3.05, 3.63) is 48.6 Å². The predicted molar refractivity (Wildman–Crippen MR) is 193 cm³/mol. The Morgan fingerprint density at radius 2 is 1.33 bits per heavy atom. The third-order valence-electron chi connectivity index (χ3n) is 8.25. The normalized spacial score (nSPS) is 14.1. The van der Waals surface area contributed by atoms with Gasteiger partial charge in [0.05, 0.1) is 12.7 Å². The molecule has 0 aliphatic heterocycles. The third kappa shape index (κ3) is 31.8. The maximum atomic E-state index is 12.1. The smallest absolute Gasteiger partial charge is 0.306 e. The van der Waals surface area contributed by atoms with Crippen molar-refractivity contribution in [1.29, 1.82) is 0 Å². The molecular formula is C40H70O6. The average molecular weight is 647 g/mol. The SMILES string of the molecule is CCCCC/C=C\C[C@@H](O)/C=C/C=C\C/C=C\CCCC(=O)OC[C@H](CO)OC(=O)CCCCCCCCCCCCC(C)CC. The molecule has 0 aromatic carbocycles. The summed E-state index contributed by atoms with van der Waals surface area (Å²) in [5.74, 6) is 0.170. The molecule has 0 aromatic rings. The largest absolute Gasteiger partial charge is 0.462 e. The van der Waals surface area contributed by atoms with Gasteiger partial charge >= 0.3 is 11.9 Å². The predicted octanol–water partition coefficient (Wildman–Crippen LogP) is 10.3. The maximum absolute atomic E-state index is 12.1. The number of carbonyl (C=O) groups excluding carboxylic acids is 2. The molecule has 0 fully saturated rings. The number of hydrogen-bond donors (Lipinski definition) is 2. The molecule has 6 heteroatoms. The second-order valence-corrected chi connectivity index (χ2v) is 12.7. The van der Waals surface area contributed by atoms with Crippen LogP contribution in [0.3, 0.4) is 0 Å². The second-order valence-electron chi connectivity index (χ2n) is 12.7. The number of allylic oxidation sites excluding steroid dienone is 6. The van der Waals surface area contributed by atoms with E-state index in [9.17, 15) is 19.8 Å². The Kier molecular flexibility index (Phi) is 32.5. The Hall–Kier alpha value is -2.18. The van der Waals surface area contributed by atoms with Crippen molar-refractivity contribution >= 4 is 11.9 Å². The summed E-state index contributed by atoms with van der Waals surface area (Å²) in [7, 11) is 0. The minimum absolute atomic E-state index is 0.114. The number of ether oxygens (including phenoxy) is 2. The highest BCUT2D eigenvalue weighted by atomic mass is 16.6. The van der Waals surface area contributed by atoms with E-state index >= 15 is 0 Å². The maximum Gasteiger partial charge on any atom is 0.306 e. The quantitative estimate of drug-likeness (QED) is 0.0327. The first-order chi connectivity index (χ1) is 22.4. The topological polar surface area (TPSA) is 93.1 Å². The molecule has 0 saturated carbocycles. The van der Waals surface area contributed by atoms with Crippen molar-refractivity contribution in [3.63, 3.8) is 0 Å². The summed E-state index contributed by atoms with van der Waals surface area (Å²) < 4.78 is 10.5. The summed E-state index contributed by atoms with van der Waals surface area (Å²) in [5.41, 5.74) is 0. The van der Waals surface area contributed by atoms with Crippen LogP contribution in [0.25, 0.3) is 0 Å². The van der Waals surface area contributed by atoms with E-state index in [0.29, 0.717) is 19.3 Å². The number of carbonyl (C=O) groups is 2. The minimum atomic E-state index is -0.810. The van der Waals surface area contributed by atoms with E-state index in [1.165, 1.54) is 77.0 Å². The molecule has 0 bridgehead atoms. The van der Waals surface area contributed by atoms with Crippen molar-refractivity contribution in [3.8, 4) is 0 Å². The first-order valence-electron chi connectivity index (χ1n) is 18.7. The van der Waals surface area contributed by atoms with Gasteiger partial charge in [0.15, 0.2) is 6.10 Å². The van der Waals surface area contributed by atoms with Gasteiger partial charge in [-0.3, -0.25) is 9.59 Å². The number of rotatable bonds is 32. The molecule has 0 aliphatic carbocycles. The van der Waals surface area contributed by atoms with Gasteiger partial charge in [-0.25, -0.2) is 0 Å². The fourth-order valence-corrected chi connectivity index (χ4v) is 4.96. The molecule has 0 aromatic heterocycles. The van der Waals surface area contributed by atoms with E-state index in [1.54, 1.807) is 6.08 Å². The summed E-state index contributed by atoms with van der Waals surface area (Å²) in [6, 6.07) is 0. The van der Waals surface area contributed by atoms with E-state index in [4.69, 9.17) is 9.47 Å². The van der Waals surface area contributed by atoms with E-state index in [0.717, 1.165) is 44.4 Å². The molecule has 0 amide bonds. The van der Waals surface area contributed by atoms with Crippen LogP contribution in [-0.2, 0) is 19.1 Å². The van der Waals surface area contributed by atoms with Crippen molar-refractivity contribution in [2.45, 2.75) is 174 Å². The summed E-state index contributed by atoms with van der Waals surface area (Å²) in [5, 5.41) is 19.5. The number of hydrogen-bond acceptors (Lipinski definition) is 6. The number of aliphatic hydroxyl groups excluding tert-OH is 2.